The summed E-state index contributed by atoms with van der Waals surface area (Å²) in [6.07, 6.45) is 0.301. The largest absolute Gasteiger partial charge is 0.485 e. The summed E-state index contributed by atoms with van der Waals surface area (Å²) in [6, 6.07) is 14.3. The highest BCUT2D eigenvalue weighted by atomic mass is 35.5. The number of nitrogens with one attached hydrogen (secondary N) is 2. The smallest absolute Gasteiger partial charge is 0.283 e. The van der Waals surface area contributed by atoms with Gasteiger partial charge in [-0.05, 0) is 42.7 Å². The molecule has 148 valence electrons. The summed E-state index contributed by atoms with van der Waals surface area (Å²) in [6.45, 7) is 3.95. The lowest BCUT2D eigenvalue weighted by Gasteiger charge is -2.31. The SMILES string of the molecule is CCC(CC)(C(=O)NNC(=O)C1COc2ccccc2O1)c1ccc(Cl)cc1. The fraction of sp³-hybridized carbons (Fsp3) is 0.333. The van der Waals surface area contributed by atoms with Crippen LogP contribution in [0.5, 0.6) is 11.5 Å². The van der Waals surface area contributed by atoms with Crippen molar-refractivity contribution in [2.75, 3.05) is 6.61 Å². The minimum absolute atomic E-state index is 0.0720. The standard InChI is InChI=1S/C21H23ClN2O4/c1-3-21(4-2,14-9-11-15(22)12-10-14)20(26)24-23-19(25)18-13-27-16-7-5-6-8-17(16)28-18/h5-12,18H,3-4,13H2,1-2H3,(H,23,25)(H,24,26). The fourth-order valence-electron chi connectivity index (χ4n) is 3.35. The lowest BCUT2D eigenvalue weighted by atomic mass is 9.75. The molecule has 6 nitrogen and oxygen atoms in total. The number of ether oxygens (including phenoxy) is 2. The van der Waals surface area contributed by atoms with Gasteiger partial charge in [-0.25, -0.2) is 0 Å². The molecule has 1 atom stereocenters. The van der Waals surface area contributed by atoms with Crippen LogP contribution in [-0.4, -0.2) is 24.5 Å². The Hall–Kier alpha value is -2.73. The molecule has 0 aliphatic carbocycles. The highest BCUT2D eigenvalue weighted by Crippen LogP contribution is 2.33. The van der Waals surface area contributed by atoms with Gasteiger partial charge in [0.2, 0.25) is 12.0 Å². The predicted molar refractivity (Wildman–Crippen MR) is 106 cm³/mol. The number of para-hydroxylation sites is 2. The van der Waals surface area contributed by atoms with E-state index in [1.807, 2.05) is 32.0 Å². The van der Waals surface area contributed by atoms with Gasteiger partial charge in [-0.3, -0.25) is 20.4 Å². The number of benzene rings is 2. The molecular weight excluding hydrogens is 380 g/mol. The van der Waals surface area contributed by atoms with Crippen LogP contribution in [0.4, 0.5) is 0 Å². The lowest BCUT2D eigenvalue weighted by molar-refractivity contribution is -0.137. The van der Waals surface area contributed by atoms with Gasteiger partial charge in [-0.15, -0.1) is 0 Å². The number of halogens is 1. The van der Waals surface area contributed by atoms with Crippen molar-refractivity contribution in [2.24, 2.45) is 0 Å². The molecule has 0 spiro atoms. The molecule has 1 aliphatic rings. The summed E-state index contributed by atoms with van der Waals surface area (Å²) < 4.78 is 11.2. The highest BCUT2D eigenvalue weighted by Gasteiger charge is 2.37. The van der Waals surface area contributed by atoms with Gasteiger partial charge in [-0.1, -0.05) is 49.7 Å². The molecule has 1 unspecified atom stereocenters. The van der Waals surface area contributed by atoms with Crippen molar-refractivity contribution < 1.29 is 19.1 Å². The van der Waals surface area contributed by atoms with Gasteiger partial charge >= 0.3 is 0 Å². The van der Waals surface area contributed by atoms with Crippen LogP contribution in [0, 0.1) is 0 Å². The average molecular weight is 403 g/mol. The zero-order valence-electron chi connectivity index (χ0n) is 15.8. The zero-order chi connectivity index (χ0) is 20.1. The van der Waals surface area contributed by atoms with E-state index in [0.717, 1.165) is 5.56 Å². The third-order valence-electron chi connectivity index (χ3n) is 5.14. The van der Waals surface area contributed by atoms with Crippen LogP contribution in [0.15, 0.2) is 48.5 Å². The van der Waals surface area contributed by atoms with E-state index < -0.39 is 17.4 Å². The number of hydrazine groups is 1. The van der Waals surface area contributed by atoms with E-state index in [-0.39, 0.29) is 12.5 Å². The first kappa shape index (κ1) is 20.0. The topological polar surface area (TPSA) is 76.7 Å². The second kappa shape index (κ2) is 8.52. The van der Waals surface area contributed by atoms with Gasteiger partial charge < -0.3 is 9.47 Å². The molecule has 0 radical (unpaired) electrons. The maximum atomic E-state index is 13.0. The number of carbonyl (C=O) groups excluding carboxylic acids is 2. The molecule has 2 amide bonds. The molecule has 2 aromatic carbocycles. The van der Waals surface area contributed by atoms with E-state index in [1.165, 1.54) is 0 Å². The van der Waals surface area contributed by atoms with Gasteiger partial charge in [0.25, 0.3) is 5.91 Å². The Balaban J connectivity index is 1.66. The van der Waals surface area contributed by atoms with Gasteiger partial charge in [0.1, 0.15) is 6.61 Å². The predicted octanol–water partition coefficient (Wildman–Crippen LogP) is 3.39. The molecule has 0 aromatic heterocycles. The molecule has 0 fully saturated rings. The van der Waals surface area contributed by atoms with Gasteiger partial charge in [0, 0.05) is 5.02 Å². The van der Waals surface area contributed by atoms with Crippen LogP contribution < -0.4 is 20.3 Å². The van der Waals surface area contributed by atoms with Crippen LogP contribution in [-0.2, 0) is 15.0 Å². The minimum Gasteiger partial charge on any atom is -0.485 e. The van der Waals surface area contributed by atoms with Crippen molar-refractivity contribution in [2.45, 2.75) is 38.2 Å². The summed E-state index contributed by atoms with van der Waals surface area (Å²) >= 11 is 5.97. The van der Waals surface area contributed by atoms with E-state index in [0.29, 0.717) is 29.4 Å². The summed E-state index contributed by atoms with van der Waals surface area (Å²) in [4.78, 5) is 25.4. The second-order valence-electron chi connectivity index (χ2n) is 6.60. The molecule has 28 heavy (non-hydrogen) atoms. The first-order valence-electron chi connectivity index (χ1n) is 9.25. The van der Waals surface area contributed by atoms with Crippen LogP contribution in [0.1, 0.15) is 32.3 Å². The summed E-state index contributed by atoms with van der Waals surface area (Å²) in [5.74, 6) is 0.331. The number of carbonyl (C=O) groups is 2. The lowest BCUT2D eigenvalue weighted by Crippen LogP contribution is -2.55. The number of fused-ring (bicyclic) bond motifs is 1. The van der Waals surface area contributed by atoms with Gasteiger partial charge in [0.05, 0.1) is 5.41 Å². The third-order valence-corrected chi connectivity index (χ3v) is 5.39. The van der Waals surface area contributed by atoms with Crippen LogP contribution in [0.25, 0.3) is 0 Å². The molecular formula is C21H23ClN2O4. The van der Waals surface area contributed by atoms with Gasteiger partial charge in [0.15, 0.2) is 11.5 Å². The van der Waals surface area contributed by atoms with Crippen molar-refractivity contribution in [3.05, 3.63) is 59.1 Å². The molecule has 0 bridgehead atoms. The van der Waals surface area contributed by atoms with Gasteiger partial charge in [-0.2, -0.15) is 0 Å². The zero-order valence-corrected chi connectivity index (χ0v) is 16.6. The maximum Gasteiger partial charge on any atom is 0.283 e. The Kier molecular flexibility index (Phi) is 6.09. The monoisotopic (exact) mass is 402 g/mol. The second-order valence-corrected chi connectivity index (χ2v) is 7.04. The Morgan fingerprint density at radius 2 is 1.68 bits per heavy atom. The van der Waals surface area contributed by atoms with Crippen molar-refractivity contribution in [3.8, 4) is 11.5 Å². The van der Waals surface area contributed by atoms with Crippen molar-refractivity contribution in [1.29, 1.82) is 0 Å². The number of rotatable bonds is 5. The normalized spacial score (nSPS) is 15.6. The number of hydrogen-bond donors (Lipinski definition) is 2. The number of hydrogen-bond acceptors (Lipinski definition) is 4. The Labute approximate surface area is 169 Å². The molecule has 1 aliphatic heterocycles. The average Bonchev–Trinajstić information content (AvgIpc) is 2.74. The van der Waals surface area contributed by atoms with E-state index in [4.69, 9.17) is 21.1 Å². The molecule has 3 rings (SSSR count). The summed E-state index contributed by atoms with van der Waals surface area (Å²) in [5.41, 5.74) is 5.10. The van der Waals surface area contributed by atoms with Crippen molar-refractivity contribution in [3.63, 3.8) is 0 Å². The Morgan fingerprint density at radius 1 is 1.04 bits per heavy atom. The van der Waals surface area contributed by atoms with Crippen molar-refractivity contribution >= 4 is 23.4 Å². The van der Waals surface area contributed by atoms with E-state index in [9.17, 15) is 9.59 Å². The van der Waals surface area contributed by atoms with Crippen LogP contribution in [0.3, 0.4) is 0 Å². The minimum atomic E-state index is -0.844. The molecule has 0 saturated carbocycles. The van der Waals surface area contributed by atoms with E-state index >= 15 is 0 Å². The molecule has 2 aromatic rings. The van der Waals surface area contributed by atoms with Crippen LogP contribution in [0.2, 0.25) is 5.02 Å². The summed E-state index contributed by atoms with van der Waals surface area (Å²) in [7, 11) is 0. The molecule has 0 saturated heterocycles. The molecule has 7 heteroatoms. The Morgan fingerprint density at radius 3 is 2.32 bits per heavy atom. The highest BCUT2D eigenvalue weighted by molar-refractivity contribution is 6.30. The van der Waals surface area contributed by atoms with E-state index in [2.05, 4.69) is 10.9 Å². The maximum absolute atomic E-state index is 13.0. The quantitative estimate of drug-likeness (QED) is 0.751. The first-order valence-corrected chi connectivity index (χ1v) is 9.62. The van der Waals surface area contributed by atoms with Crippen molar-refractivity contribution in [1.82, 2.24) is 10.9 Å². The van der Waals surface area contributed by atoms with Crippen LogP contribution >= 0.6 is 11.6 Å². The van der Waals surface area contributed by atoms with E-state index in [1.54, 1.807) is 30.3 Å². The molecule has 1 heterocycles. The fourth-order valence-corrected chi connectivity index (χ4v) is 3.47. The Bertz CT molecular complexity index is 850. The first-order chi connectivity index (χ1) is 13.5. The summed E-state index contributed by atoms with van der Waals surface area (Å²) in [5, 5.41) is 0.605. The number of amides is 2. The third kappa shape index (κ3) is 3.92. The molecule has 2 N–H and O–H groups in total.